The van der Waals surface area contributed by atoms with Crippen LogP contribution in [0.3, 0.4) is 0 Å². The van der Waals surface area contributed by atoms with Gasteiger partial charge in [-0.05, 0) is 18.2 Å². The lowest BCUT2D eigenvalue weighted by Crippen LogP contribution is -1.84. The number of aromatic amines is 1. The molecule has 3 rings (SSSR count). The molecule has 0 aliphatic rings. The number of rotatable bonds is 1. The summed E-state index contributed by atoms with van der Waals surface area (Å²) in [4.78, 5) is 0. The van der Waals surface area contributed by atoms with Gasteiger partial charge < -0.3 is 10.2 Å². The summed E-state index contributed by atoms with van der Waals surface area (Å²) >= 11 is 6.05. The second-order valence-electron chi connectivity index (χ2n) is 3.46. The van der Waals surface area contributed by atoms with E-state index in [1.807, 2.05) is 24.3 Å². The summed E-state index contributed by atoms with van der Waals surface area (Å²) in [5.74, 6) is 0.637. The highest BCUT2D eigenvalue weighted by Gasteiger charge is 2.12. The van der Waals surface area contributed by atoms with Crippen LogP contribution in [0.1, 0.15) is 0 Å². The molecule has 2 aromatic heterocycles. The Hall–Kier alpha value is -1.94. The number of nitrogens with two attached hydrogens (primary N) is 1. The number of aromatic nitrogens is 2. The Balaban J connectivity index is 2.27. The lowest BCUT2D eigenvalue weighted by atomic mass is 10.2. The molecule has 0 atom stereocenters. The van der Waals surface area contributed by atoms with Crippen LogP contribution in [0.15, 0.2) is 34.9 Å². The Kier molecular flexibility index (Phi) is 1.91. The first-order valence-corrected chi connectivity index (χ1v) is 5.11. The first-order valence-electron chi connectivity index (χ1n) is 4.73. The molecule has 3 aromatic rings. The minimum atomic E-state index is 0.551. The molecule has 0 spiro atoms. The van der Waals surface area contributed by atoms with Crippen LogP contribution in [-0.2, 0) is 0 Å². The van der Waals surface area contributed by atoms with Gasteiger partial charge in [0.1, 0.15) is 11.3 Å². The van der Waals surface area contributed by atoms with E-state index in [9.17, 15) is 0 Å². The largest absolute Gasteiger partial charge is 0.454 e. The van der Waals surface area contributed by atoms with Gasteiger partial charge in [0.05, 0.1) is 16.9 Å². The number of benzene rings is 1. The molecule has 16 heavy (non-hydrogen) atoms. The normalized spacial score (nSPS) is 11.1. The predicted octanol–water partition coefficient (Wildman–Crippen LogP) is 3.06. The number of H-pyrrole nitrogens is 1. The summed E-state index contributed by atoms with van der Waals surface area (Å²) in [5.41, 5.74) is 7.70. The van der Waals surface area contributed by atoms with Gasteiger partial charge in [0.15, 0.2) is 5.76 Å². The average molecular weight is 234 g/mol. The van der Waals surface area contributed by atoms with Gasteiger partial charge in [0.2, 0.25) is 0 Å². The fourth-order valence-electron chi connectivity index (χ4n) is 1.64. The molecule has 0 saturated heterocycles. The third-order valence-corrected chi connectivity index (χ3v) is 2.75. The van der Waals surface area contributed by atoms with E-state index < -0.39 is 0 Å². The van der Waals surface area contributed by atoms with E-state index in [1.165, 1.54) is 0 Å². The second kappa shape index (κ2) is 3.28. The van der Waals surface area contributed by atoms with Gasteiger partial charge in [0.25, 0.3) is 0 Å². The number of nitrogens with zero attached hydrogens (tertiary/aromatic N) is 1. The topological polar surface area (TPSA) is 67.8 Å². The molecule has 4 nitrogen and oxygen atoms in total. The van der Waals surface area contributed by atoms with Crippen molar-refractivity contribution in [1.82, 2.24) is 10.2 Å². The van der Waals surface area contributed by atoms with Gasteiger partial charge >= 0.3 is 0 Å². The molecule has 5 heteroatoms. The summed E-state index contributed by atoms with van der Waals surface area (Å²) in [5, 5.41) is 8.16. The minimum absolute atomic E-state index is 0.551. The Morgan fingerprint density at radius 1 is 1.38 bits per heavy atom. The number of hydrogen-bond acceptors (Lipinski definition) is 3. The number of nitrogen functional groups attached to an aromatic ring is 1. The van der Waals surface area contributed by atoms with Gasteiger partial charge in [0, 0.05) is 5.39 Å². The molecule has 1 aromatic carbocycles. The molecule has 0 aliphatic carbocycles. The molecule has 3 N–H and O–H groups in total. The Labute approximate surface area is 96.0 Å². The number of halogens is 1. The molecule has 0 unspecified atom stereocenters. The van der Waals surface area contributed by atoms with Crippen molar-refractivity contribution in [2.24, 2.45) is 0 Å². The van der Waals surface area contributed by atoms with Crippen LogP contribution in [0.5, 0.6) is 0 Å². The molecule has 0 bridgehead atoms. The number of nitrogens with one attached hydrogen (secondary N) is 1. The molecular formula is C11H8ClN3O. The monoisotopic (exact) mass is 233 g/mol. The van der Waals surface area contributed by atoms with E-state index in [4.69, 9.17) is 21.8 Å². The zero-order chi connectivity index (χ0) is 11.1. The van der Waals surface area contributed by atoms with Crippen LogP contribution in [0.25, 0.3) is 22.4 Å². The second-order valence-corrected chi connectivity index (χ2v) is 3.87. The molecule has 0 aliphatic heterocycles. The van der Waals surface area contributed by atoms with Gasteiger partial charge in [-0.2, -0.15) is 5.10 Å². The molecular weight excluding hydrogens is 226 g/mol. The highest BCUT2D eigenvalue weighted by molar-refractivity contribution is 6.35. The molecule has 0 radical (unpaired) electrons. The first-order chi connectivity index (χ1) is 7.75. The average Bonchev–Trinajstić information content (AvgIpc) is 2.84. The summed E-state index contributed by atoms with van der Waals surface area (Å²) in [7, 11) is 0. The minimum Gasteiger partial charge on any atom is -0.454 e. The fraction of sp³-hybridized carbons (Fsp3) is 0. The van der Waals surface area contributed by atoms with E-state index >= 15 is 0 Å². The van der Waals surface area contributed by atoms with Gasteiger partial charge in [-0.25, -0.2) is 0 Å². The zero-order valence-corrected chi connectivity index (χ0v) is 8.95. The molecule has 0 saturated carbocycles. The summed E-state index contributed by atoms with van der Waals surface area (Å²) in [6.45, 7) is 0. The number of anilines is 1. The predicted molar refractivity (Wildman–Crippen MR) is 63.2 cm³/mol. The smallest absolute Gasteiger partial charge is 0.155 e. The van der Waals surface area contributed by atoms with Crippen molar-refractivity contribution in [2.45, 2.75) is 0 Å². The van der Waals surface area contributed by atoms with Crippen LogP contribution in [0.4, 0.5) is 5.69 Å². The Bertz CT molecular complexity index is 656. The molecule has 2 heterocycles. The maximum Gasteiger partial charge on any atom is 0.155 e. The van der Waals surface area contributed by atoms with Crippen molar-refractivity contribution in [1.29, 1.82) is 0 Å². The third-order valence-electron chi connectivity index (χ3n) is 2.42. The Morgan fingerprint density at radius 2 is 2.25 bits per heavy atom. The van der Waals surface area contributed by atoms with Crippen LogP contribution < -0.4 is 5.73 Å². The van der Waals surface area contributed by atoms with E-state index in [0.717, 1.165) is 11.0 Å². The van der Waals surface area contributed by atoms with E-state index in [-0.39, 0.29) is 0 Å². The number of furan rings is 1. The third kappa shape index (κ3) is 1.27. The van der Waals surface area contributed by atoms with Crippen LogP contribution in [-0.4, -0.2) is 10.2 Å². The van der Waals surface area contributed by atoms with Crippen molar-refractivity contribution < 1.29 is 4.42 Å². The van der Waals surface area contributed by atoms with E-state index in [2.05, 4.69) is 10.2 Å². The first kappa shape index (κ1) is 9.30. The summed E-state index contributed by atoms with van der Waals surface area (Å²) in [6.07, 6.45) is 1.55. The SMILES string of the molecule is Nc1cn[nH]c1-c1cc2c(Cl)cccc2o1. The van der Waals surface area contributed by atoms with Crippen molar-refractivity contribution in [3.63, 3.8) is 0 Å². The fourth-order valence-corrected chi connectivity index (χ4v) is 1.86. The van der Waals surface area contributed by atoms with Crippen LogP contribution >= 0.6 is 11.6 Å². The molecule has 0 amide bonds. The van der Waals surface area contributed by atoms with Gasteiger partial charge in [-0.15, -0.1) is 0 Å². The van der Waals surface area contributed by atoms with Crippen molar-refractivity contribution in [3.05, 3.63) is 35.5 Å². The zero-order valence-electron chi connectivity index (χ0n) is 8.20. The summed E-state index contributed by atoms with van der Waals surface area (Å²) < 4.78 is 5.64. The van der Waals surface area contributed by atoms with Gasteiger partial charge in [-0.3, -0.25) is 5.10 Å². The number of fused-ring (bicyclic) bond motifs is 1. The van der Waals surface area contributed by atoms with Crippen molar-refractivity contribution in [3.8, 4) is 11.5 Å². The lowest BCUT2D eigenvalue weighted by Gasteiger charge is -1.91. The van der Waals surface area contributed by atoms with Gasteiger partial charge in [-0.1, -0.05) is 17.7 Å². The number of hydrogen-bond donors (Lipinski definition) is 2. The lowest BCUT2D eigenvalue weighted by molar-refractivity contribution is 0.628. The summed E-state index contributed by atoms with van der Waals surface area (Å²) in [6, 6.07) is 7.37. The highest BCUT2D eigenvalue weighted by Crippen LogP contribution is 2.32. The maximum absolute atomic E-state index is 6.05. The Morgan fingerprint density at radius 3 is 2.94 bits per heavy atom. The van der Waals surface area contributed by atoms with Crippen molar-refractivity contribution in [2.75, 3.05) is 5.73 Å². The van der Waals surface area contributed by atoms with Crippen LogP contribution in [0.2, 0.25) is 5.02 Å². The van der Waals surface area contributed by atoms with E-state index in [1.54, 1.807) is 6.20 Å². The van der Waals surface area contributed by atoms with Crippen molar-refractivity contribution >= 4 is 28.3 Å². The highest BCUT2D eigenvalue weighted by atomic mass is 35.5. The molecule has 80 valence electrons. The van der Waals surface area contributed by atoms with Crippen LogP contribution in [0, 0.1) is 0 Å². The molecule has 0 fully saturated rings. The van der Waals surface area contributed by atoms with E-state index in [0.29, 0.717) is 22.2 Å². The quantitative estimate of drug-likeness (QED) is 0.679. The standard InChI is InChI=1S/C11H8ClN3O/c12-7-2-1-3-9-6(7)4-10(16-9)11-8(13)5-14-15-11/h1-5H,13H2,(H,14,15). The maximum atomic E-state index is 6.05.